The van der Waals surface area contributed by atoms with Gasteiger partial charge in [-0.25, -0.2) is 14.5 Å². The van der Waals surface area contributed by atoms with Gasteiger partial charge in [0.05, 0.1) is 11.7 Å². The number of piperidine rings is 1. The molecular formula is C20H17N3O5S. The van der Waals surface area contributed by atoms with Gasteiger partial charge in [-0.15, -0.1) is 4.37 Å². The zero-order valence-electron chi connectivity index (χ0n) is 15.4. The minimum atomic E-state index is -1.26. The molecule has 0 amide bonds. The van der Waals surface area contributed by atoms with Crippen molar-refractivity contribution in [1.82, 2.24) is 13.6 Å². The number of aromatic nitrogens is 2. The van der Waals surface area contributed by atoms with Crippen molar-refractivity contribution in [2.45, 2.75) is 24.7 Å². The van der Waals surface area contributed by atoms with Crippen LogP contribution >= 0.6 is 11.7 Å². The third kappa shape index (κ3) is 3.24. The first-order valence-electron chi connectivity index (χ1n) is 9.35. The molecule has 1 unspecified atom stereocenters. The van der Waals surface area contributed by atoms with Crippen LogP contribution in [0, 0.1) is 17.8 Å². The van der Waals surface area contributed by atoms with Crippen molar-refractivity contribution >= 4 is 23.7 Å². The van der Waals surface area contributed by atoms with Crippen molar-refractivity contribution in [3.8, 4) is 17.7 Å². The molecule has 0 aliphatic carbocycles. The van der Waals surface area contributed by atoms with Crippen LogP contribution in [0.1, 0.15) is 30.0 Å². The highest BCUT2D eigenvalue weighted by Gasteiger charge is 2.59. The minimum Gasteiger partial charge on any atom is -0.463 e. The van der Waals surface area contributed by atoms with E-state index in [4.69, 9.17) is 14.2 Å². The lowest BCUT2D eigenvalue weighted by atomic mass is 9.88. The second-order valence-corrected chi connectivity index (χ2v) is 7.74. The molecule has 8 nitrogen and oxygen atoms in total. The number of hydrogen-bond acceptors (Lipinski definition) is 9. The highest BCUT2D eigenvalue weighted by atomic mass is 32.1. The molecule has 148 valence electrons. The molecule has 2 bridgehead atoms. The Bertz CT molecular complexity index is 996. The van der Waals surface area contributed by atoms with E-state index >= 15 is 0 Å². The molecule has 3 saturated heterocycles. The Morgan fingerprint density at radius 3 is 2.76 bits per heavy atom. The number of carbonyl (C=O) groups is 2. The monoisotopic (exact) mass is 411 g/mol. The lowest BCUT2D eigenvalue weighted by Crippen LogP contribution is -2.51. The largest absolute Gasteiger partial charge is 0.463 e. The Labute approximate surface area is 171 Å². The summed E-state index contributed by atoms with van der Waals surface area (Å²) in [6, 6.07) is 9.70. The number of rotatable bonds is 3. The molecule has 5 rings (SSSR count). The maximum atomic E-state index is 11.6. The van der Waals surface area contributed by atoms with Crippen LogP contribution in [-0.4, -0.2) is 51.2 Å². The van der Waals surface area contributed by atoms with Crippen LogP contribution in [0.2, 0.25) is 0 Å². The highest BCUT2D eigenvalue weighted by Crippen LogP contribution is 2.48. The average molecular weight is 411 g/mol. The van der Waals surface area contributed by atoms with Crippen molar-refractivity contribution in [1.29, 1.82) is 0 Å². The standard InChI is InChI=1S/C20H17N3O5S/c24-18-19(25)28-20(27-18)9-8-14-11-23(20)12-15(14)16-17(22-29-21-16)26-10-4-7-13-5-2-1-3-6-13/h1-3,5-6,14-15H,8-12H2/t14-,15-/m1/s1. The second-order valence-electron chi connectivity index (χ2n) is 7.21. The second kappa shape index (κ2) is 7.13. The van der Waals surface area contributed by atoms with E-state index in [-0.39, 0.29) is 12.5 Å². The molecule has 1 spiro atoms. The molecular weight excluding hydrogens is 394 g/mol. The zero-order chi connectivity index (χ0) is 19.8. The summed E-state index contributed by atoms with van der Waals surface area (Å²) in [5, 5.41) is 0. The van der Waals surface area contributed by atoms with Gasteiger partial charge in [0.1, 0.15) is 5.69 Å². The van der Waals surface area contributed by atoms with Crippen LogP contribution in [0.3, 0.4) is 0 Å². The van der Waals surface area contributed by atoms with Crippen LogP contribution in [0.15, 0.2) is 30.3 Å². The van der Waals surface area contributed by atoms with Gasteiger partial charge in [-0.05, 0) is 24.5 Å². The number of fused-ring (bicyclic) bond motifs is 3. The summed E-state index contributed by atoms with van der Waals surface area (Å²) in [7, 11) is 0. The number of esters is 2. The maximum absolute atomic E-state index is 11.6. The molecule has 0 radical (unpaired) electrons. The molecule has 29 heavy (non-hydrogen) atoms. The Morgan fingerprint density at radius 2 is 1.97 bits per heavy atom. The molecule has 3 fully saturated rings. The smallest absolute Gasteiger partial charge is 0.421 e. The van der Waals surface area contributed by atoms with Crippen LogP contribution in [0.25, 0.3) is 0 Å². The van der Waals surface area contributed by atoms with Gasteiger partial charge < -0.3 is 14.2 Å². The van der Waals surface area contributed by atoms with Gasteiger partial charge in [-0.2, -0.15) is 4.37 Å². The number of ether oxygens (including phenoxy) is 3. The first-order chi connectivity index (χ1) is 14.1. The van der Waals surface area contributed by atoms with E-state index in [1.807, 2.05) is 35.2 Å². The maximum Gasteiger partial charge on any atom is 0.421 e. The summed E-state index contributed by atoms with van der Waals surface area (Å²) in [4.78, 5) is 25.0. The number of carbonyl (C=O) groups excluding carboxylic acids is 2. The first kappa shape index (κ1) is 18.1. The third-order valence-corrected chi connectivity index (χ3v) is 6.07. The fourth-order valence-electron chi connectivity index (χ4n) is 4.18. The topological polar surface area (TPSA) is 90.8 Å². The average Bonchev–Trinajstić information content (AvgIpc) is 3.40. The molecule has 3 aliphatic heterocycles. The lowest BCUT2D eigenvalue weighted by Gasteiger charge is -2.37. The van der Waals surface area contributed by atoms with E-state index < -0.39 is 17.8 Å². The Morgan fingerprint density at radius 1 is 1.17 bits per heavy atom. The van der Waals surface area contributed by atoms with Gasteiger partial charge in [0.25, 0.3) is 0 Å². The fraction of sp³-hybridized carbons (Fsp3) is 0.400. The third-order valence-electron chi connectivity index (χ3n) is 5.55. The minimum absolute atomic E-state index is 0.0724. The van der Waals surface area contributed by atoms with Gasteiger partial charge >= 0.3 is 17.8 Å². The van der Waals surface area contributed by atoms with Crippen molar-refractivity contribution in [3.05, 3.63) is 41.6 Å². The van der Waals surface area contributed by atoms with Crippen LogP contribution in [0.4, 0.5) is 0 Å². The lowest BCUT2D eigenvalue weighted by molar-refractivity contribution is -0.257. The van der Waals surface area contributed by atoms with E-state index in [9.17, 15) is 9.59 Å². The van der Waals surface area contributed by atoms with Crippen LogP contribution in [-0.2, 0) is 19.1 Å². The summed E-state index contributed by atoms with van der Waals surface area (Å²) in [5.41, 5.74) is 1.72. The molecule has 0 N–H and O–H groups in total. The van der Waals surface area contributed by atoms with E-state index in [1.54, 1.807) is 0 Å². The van der Waals surface area contributed by atoms with Crippen molar-refractivity contribution in [3.63, 3.8) is 0 Å². The number of hydrogen-bond donors (Lipinski definition) is 0. The van der Waals surface area contributed by atoms with E-state index in [0.29, 0.717) is 31.3 Å². The quantitative estimate of drug-likeness (QED) is 0.427. The van der Waals surface area contributed by atoms with Crippen LogP contribution < -0.4 is 4.74 Å². The molecule has 3 atom stereocenters. The van der Waals surface area contributed by atoms with Gasteiger partial charge in [-0.3, -0.25) is 0 Å². The number of benzene rings is 1. The predicted octanol–water partition coefficient (Wildman–Crippen LogP) is 1.53. The van der Waals surface area contributed by atoms with E-state index in [2.05, 4.69) is 20.6 Å². The number of nitrogens with zero attached hydrogens (tertiary/aromatic N) is 3. The van der Waals surface area contributed by atoms with Gasteiger partial charge in [0.15, 0.2) is 6.61 Å². The summed E-state index contributed by atoms with van der Waals surface area (Å²) in [5.74, 6) is 3.80. The fourth-order valence-corrected chi connectivity index (χ4v) is 4.74. The molecule has 1 aromatic carbocycles. The van der Waals surface area contributed by atoms with Gasteiger partial charge in [0, 0.05) is 31.0 Å². The summed E-state index contributed by atoms with van der Waals surface area (Å²) < 4.78 is 25.1. The Kier molecular flexibility index (Phi) is 4.45. The van der Waals surface area contributed by atoms with Crippen molar-refractivity contribution in [2.75, 3.05) is 19.7 Å². The Balaban J connectivity index is 1.28. The predicted molar refractivity (Wildman–Crippen MR) is 101 cm³/mol. The summed E-state index contributed by atoms with van der Waals surface area (Å²) in [6.45, 7) is 1.44. The molecule has 0 saturated carbocycles. The Hall–Kier alpha value is -2.96. The van der Waals surface area contributed by atoms with E-state index in [0.717, 1.165) is 29.4 Å². The van der Waals surface area contributed by atoms with Gasteiger partial charge in [0.2, 0.25) is 5.88 Å². The summed E-state index contributed by atoms with van der Waals surface area (Å²) >= 11 is 1.10. The highest BCUT2D eigenvalue weighted by molar-refractivity contribution is 6.99. The molecule has 4 heterocycles. The van der Waals surface area contributed by atoms with Crippen molar-refractivity contribution in [2.24, 2.45) is 5.92 Å². The van der Waals surface area contributed by atoms with Gasteiger partial charge in [-0.1, -0.05) is 30.0 Å². The SMILES string of the molecule is O=C1OC2(CC[C@@H]3CN2C[C@H]3c2nsnc2OCC#Cc2ccccc2)OC1=O. The van der Waals surface area contributed by atoms with Crippen LogP contribution in [0.5, 0.6) is 5.88 Å². The van der Waals surface area contributed by atoms with E-state index in [1.165, 1.54) is 0 Å². The summed E-state index contributed by atoms with van der Waals surface area (Å²) in [6.07, 6.45) is 1.22. The molecule has 3 aliphatic rings. The van der Waals surface area contributed by atoms with Crippen molar-refractivity contribution < 1.29 is 23.8 Å². The zero-order valence-corrected chi connectivity index (χ0v) is 16.2. The normalized spacial score (nSPS) is 26.6. The molecule has 2 aromatic rings. The molecule has 1 aromatic heterocycles. The molecule has 9 heteroatoms. The first-order valence-corrected chi connectivity index (χ1v) is 10.1.